The van der Waals surface area contributed by atoms with Crippen LogP contribution in [0.15, 0.2) is 115 Å². The van der Waals surface area contributed by atoms with E-state index in [0.717, 1.165) is 16.7 Å². The second kappa shape index (κ2) is 12.3. The van der Waals surface area contributed by atoms with Crippen LogP contribution in [0.1, 0.15) is 65.9 Å². The average Bonchev–Trinajstić information content (AvgIpc) is 2.93. The number of ether oxygens (including phenoxy) is 2. The predicted molar refractivity (Wildman–Crippen MR) is 141 cm³/mol. The van der Waals surface area contributed by atoms with Crippen molar-refractivity contribution in [2.75, 3.05) is 0 Å². The third kappa shape index (κ3) is 6.48. The van der Waals surface area contributed by atoms with E-state index >= 15 is 0 Å². The van der Waals surface area contributed by atoms with Crippen molar-refractivity contribution < 1.29 is 19.4 Å². The van der Waals surface area contributed by atoms with Gasteiger partial charge < -0.3 is 14.6 Å². The molecule has 184 valence electrons. The van der Waals surface area contributed by atoms with E-state index in [4.69, 9.17) is 9.47 Å². The highest BCUT2D eigenvalue weighted by Gasteiger charge is 2.32. The molecular formula is C32H32O4. The topological polar surface area (TPSA) is 55.8 Å². The molecule has 1 N–H and O–H groups in total. The zero-order valence-electron chi connectivity index (χ0n) is 20.7. The number of rotatable bonds is 10. The molecule has 0 unspecified atom stereocenters. The average molecular weight is 481 g/mol. The summed E-state index contributed by atoms with van der Waals surface area (Å²) in [5.74, 6) is -0.268. The Morgan fingerprint density at radius 2 is 1.11 bits per heavy atom. The maximum absolute atomic E-state index is 13.1. The van der Waals surface area contributed by atoms with E-state index in [1.807, 2.05) is 66.7 Å². The molecule has 0 aliphatic heterocycles. The van der Waals surface area contributed by atoms with Gasteiger partial charge in [0.1, 0.15) is 6.10 Å². The summed E-state index contributed by atoms with van der Waals surface area (Å²) in [6.45, 7) is 4.68. The van der Waals surface area contributed by atoms with Gasteiger partial charge in [0.2, 0.25) is 0 Å². The molecule has 4 rings (SSSR count). The Morgan fingerprint density at radius 3 is 1.61 bits per heavy atom. The molecule has 0 bridgehead atoms. The van der Waals surface area contributed by atoms with Gasteiger partial charge in [-0.2, -0.15) is 0 Å². The summed E-state index contributed by atoms with van der Waals surface area (Å²) in [5.41, 5.74) is 4.45. The molecule has 0 aromatic heterocycles. The zero-order chi connectivity index (χ0) is 25.3. The van der Waals surface area contributed by atoms with Crippen LogP contribution in [0.3, 0.4) is 0 Å². The lowest BCUT2D eigenvalue weighted by atomic mass is 9.97. The fourth-order valence-electron chi connectivity index (χ4n) is 4.09. The number of aliphatic hydroxyl groups is 1. The molecule has 0 amide bonds. The van der Waals surface area contributed by atoms with E-state index in [1.54, 1.807) is 24.3 Å². The van der Waals surface area contributed by atoms with Crippen LogP contribution < -0.4 is 0 Å². The summed E-state index contributed by atoms with van der Waals surface area (Å²) in [5, 5.41) is 10.7. The molecule has 0 saturated heterocycles. The van der Waals surface area contributed by atoms with Gasteiger partial charge in [0.05, 0.1) is 6.61 Å². The Bertz CT molecular complexity index is 1210. The van der Waals surface area contributed by atoms with Crippen LogP contribution in [-0.4, -0.2) is 11.1 Å². The second-order valence-electron chi connectivity index (χ2n) is 9.12. The minimum atomic E-state index is -1.39. The zero-order valence-corrected chi connectivity index (χ0v) is 20.7. The van der Waals surface area contributed by atoms with Crippen molar-refractivity contribution in [2.24, 2.45) is 0 Å². The highest BCUT2D eigenvalue weighted by Crippen LogP contribution is 2.37. The van der Waals surface area contributed by atoms with Crippen LogP contribution in [0.5, 0.6) is 0 Å². The third-order valence-electron chi connectivity index (χ3n) is 6.19. The van der Waals surface area contributed by atoms with E-state index in [2.05, 4.69) is 38.1 Å². The van der Waals surface area contributed by atoms with Crippen molar-refractivity contribution in [1.29, 1.82) is 0 Å². The van der Waals surface area contributed by atoms with E-state index in [9.17, 15) is 9.90 Å². The van der Waals surface area contributed by atoms with Crippen LogP contribution >= 0.6 is 0 Å². The maximum atomic E-state index is 13.1. The molecule has 4 aromatic rings. The van der Waals surface area contributed by atoms with Gasteiger partial charge in [0.25, 0.3) is 0 Å². The predicted octanol–water partition coefficient (Wildman–Crippen LogP) is 7.09. The maximum Gasteiger partial charge on any atom is 0.340 e. The molecule has 4 heteroatoms. The molecule has 0 spiro atoms. The van der Waals surface area contributed by atoms with Gasteiger partial charge in [-0.3, -0.25) is 0 Å². The van der Waals surface area contributed by atoms with Gasteiger partial charge >= 0.3 is 5.97 Å². The molecule has 0 aliphatic rings. The first-order valence-electron chi connectivity index (χ1n) is 12.3. The molecule has 4 nitrogen and oxygen atoms in total. The summed E-state index contributed by atoms with van der Waals surface area (Å²) < 4.78 is 12.5. The molecular weight excluding hydrogens is 448 g/mol. The van der Waals surface area contributed by atoms with Crippen LogP contribution in [0.4, 0.5) is 0 Å². The van der Waals surface area contributed by atoms with Crippen molar-refractivity contribution in [3.63, 3.8) is 0 Å². The van der Waals surface area contributed by atoms with Gasteiger partial charge in [-0.05, 0) is 33.7 Å². The lowest BCUT2D eigenvalue weighted by Crippen LogP contribution is -2.24. The van der Waals surface area contributed by atoms with Crippen LogP contribution in [0, 0.1) is 0 Å². The van der Waals surface area contributed by atoms with Gasteiger partial charge in [0.15, 0.2) is 12.2 Å². The Labute approximate surface area is 213 Å². The molecule has 4 aromatic carbocycles. The highest BCUT2D eigenvalue weighted by molar-refractivity contribution is 5.76. The molecule has 36 heavy (non-hydrogen) atoms. The van der Waals surface area contributed by atoms with Crippen molar-refractivity contribution >= 4 is 5.97 Å². The van der Waals surface area contributed by atoms with E-state index in [0.29, 0.717) is 18.1 Å². The number of benzene rings is 4. The quantitative estimate of drug-likeness (QED) is 0.246. The number of carbonyl (C=O) groups excluding carboxylic acids is 1. The Morgan fingerprint density at radius 1 is 0.639 bits per heavy atom. The Hall–Kier alpha value is -3.73. The molecule has 0 saturated carbocycles. The van der Waals surface area contributed by atoms with Crippen molar-refractivity contribution in [1.82, 2.24) is 0 Å². The number of hydrogen-bond acceptors (Lipinski definition) is 4. The SMILES string of the molecule is CC(C)c1ccc(CO[C@H](c2ccccc2)[C@H](OC(=O)[C@H](O)c2ccccc2)c2ccccc2)cc1. The van der Waals surface area contributed by atoms with Crippen LogP contribution in [-0.2, 0) is 20.9 Å². The number of esters is 1. The van der Waals surface area contributed by atoms with Gasteiger partial charge in [-0.25, -0.2) is 4.79 Å². The molecule has 0 radical (unpaired) electrons. The van der Waals surface area contributed by atoms with Crippen molar-refractivity contribution in [3.8, 4) is 0 Å². The lowest BCUT2D eigenvalue weighted by molar-refractivity contribution is -0.170. The van der Waals surface area contributed by atoms with Crippen LogP contribution in [0.25, 0.3) is 0 Å². The summed E-state index contributed by atoms with van der Waals surface area (Å²) >= 11 is 0. The number of aliphatic hydroxyl groups excluding tert-OH is 1. The van der Waals surface area contributed by atoms with Gasteiger partial charge in [-0.15, -0.1) is 0 Å². The first-order valence-corrected chi connectivity index (χ1v) is 12.3. The highest BCUT2D eigenvalue weighted by atomic mass is 16.6. The second-order valence-corrected chi connectivity index (χ2v) is 9.12. The first kappa shape index (κ1) is 25.4. The largest absolute Gasteiger partial charge is 0.452 e. The fourth-order valence-corrected chi connectivity index (χ4v) is 4.09. The normalized spacial score (nSPS) is 13.7. The van der Waals surface area contributed by atoms with Gasteiger partial charge in [0, 0.05) is 0 Å². The molecule has 0 fully saturated rings. The first-order chi connectivity index (χ1) is 17.5. The standard InChI is InChI=1S/C32H32O4/c1-23(2)25-20-18-24(19-21-25)22-35-30(27-14-8-4-9-15-27)31(28-16-10-5-11-17-28)36-32(34)29(33)26-12-6-3-7-13-26/h3-21,23,29-31,33H,22H2,1-2H3/t29-,30-,31-/m1/s1. The minimum absolute atomic E-state index is 0.347. The van der Waals surface area contributed by atoms with Crippen molar-refractivity contribution in [3.05, 3.63) is 143 Å². The number of hydrogen-bond donors (Lipinski definition) is 1. The van der Waals surface area contributed by atoms with Crippen molar-refractivity contribution in [2.45, 2.75) is 44.7 Å². The summed E-state index contributed by atoms with van der Waals surface area (Å²) in [6, 6.07) is 36.4. The summed E-state index contributed by atoms with van der Waals surface area (Å²) in [4.78, 5) is 13.1. The Balaban J connectivity index is 1.63. The number of carbonyl (C=O) groups is 1. The monoisotopic (exact) mass is 480 g/mol. The molecule has 0 aliphatic carbocycles. The van der Waals surface area contributed by atoms with E-state index < -0.39 is 24.3 Å². The van der Waals surface area contributed by atoms with Crippen LogP contribution in [0.2, 0.25) is 0 Å². The van der Waals surface area contributed by atoms with Gasteiger partial charge in [-0.1, -0.05) is 129 Å². The third-order valence-corrected chi connectivity index (χ3v) is 6.19. The van der Waals surface area contributed by atoms with E-state index in [-0.39, 0.29) is 0 Å². The summed E-state index contributed by atoms with van der Waals surface area (Å²) in [6.07, 6.45) is -2.72. The molecule has 3 atom stereocenters. The van der Waals surface area contributed by atoms with E-state index in [1.165, 1.54) is 5.56 Å². The summed E-state index contributed by atoms with van der Waals surface area (Å²) in [7, 11) is 0. The fraction of sp³-hybridized carbons (Fsp3) is 0.219. The lowest BCUT2D eigenvalue weighted by Gasteiger charge is -2.29. The molecule has 0 heterocycles. The minimum Gasteiger partial charge on any atom is -0.452 e. The smallest absolute Gasteiger partial charge is 0.340 e. The Kier molecular flexibility index (Phi) is 8.66.